The summed E-state index contributed by atoms with van der Waals surface area (Å²) < 4.78 is 11.4. The van der Waals surface area contributed by atoms with Crippen molar-refractivity contribution in [2.45, 2.75) is 32.6 Å². The average molecular weight is 368 g/mol. The van der Waals surface area contributed by atoms with Gasteiger partial charge >= 0.3 is 11.8 Å². The van der Waals surface area contributed by atoms with Crippen LogP contribution in [-0.4, -0.2) is 47.2 Å². The molecule has 0 atom stereocenters. The van der Waals surface area contributed by atoms with Gasteiger partial charge in [-0.3, -0.25) is 4.79 Å². The Morgan fingerprint density at radius 2 is 1.89 bits per heavy atom. The predicted octanol–water partition coefficient (Wildman–Crippen LogP) is 3.40. The molecule has 0 spiro atoms. The van der Waals surface area contributed by atoms with Gasteiger partial charge in [-0.2, -0.15) is 0 Å². The first kappa shape index (κ1) is 17.7. The molecule has 2 aromatic heterocycles. The van der Waals surface area contributed by atoms with Crippen LogP contribution in [0.25, 0.3) is 22.6 Å². The second-order valence-electron chi connectivity index (χ2n) is 6.98. The standard InChI is InChI=1S/C20H24N4O3/c1-14-15-8-4-5-9-16(15)26-17(14)19-22-23-20(27-19)18(25)21-10-13-24-11-6-2-3-7-12-24/h4-5,8-9H,2-3,6-7,10-13H2,1H3,(H,21,25). The van der Waals surface area contributed by atoms with E-state index in [0.29, 0.717) is 12.3 Å². The molecule has 3 heterocycles. The van der Waals surface area contributed by atoms with Gasteiger partial charge in [0.05, 0.1) is 0 Å². The Balaban J connectivity index is 1.39. The molecule has 0 radical (unpaired) electrons. The molecule has 1 aromatic carbocycles. The molecule has 0 saturated carbocycles. The molecule has 1 aliphatic rings. The number of aromatic nitrogens is 2. The fourth-order valence-electron chi connectivity index (χ4n) is 3.55. The van der Waals surface area contributed by atoms with Crippen molar-refractivity contribution < 1.29 is 13.6 Å². The number of nitrogens with one attached hydrogen (secondary N) is 1. The molecule has 1 N–H and O–H groups in total. The maximum atomic E-state index is 12.3. The summed E-state index contributed by atoms with van der Waals surface area (Å²) in [4.78, 5) is 14.7. The second kappa shape index (κ2) is 7.92. The lowest BCUT2D eigenvalue weighted by molar-refractivity contribution is 0.0914. The summed E-state index contributed by atoms with van der Waals surface area (Å²) in [6.07, 6.45) is 5.07. The van der Waals surface area contributed by atoms with Crippen LogP contribution in [0.4, 0.5) is 0 Å². The van der Waals surface area contributed by atoms with Crippen molar-refractivity contribution in [2.75, 3.05) is 26.2 Å². The van der Waals surface area contributed by atoms with E-state index in [-0.39, 0.29) is 17.7 Å². The zero-order valence-corrected chi connectivity index (χ0v) is 15.5. The summed E-state index contributed by atoms with van der Waals surface area (Å²) in [5, 5.41) is 11.7. The van der Waals surface area contributed by atoms with Crippen LogP contribution in [-0.2, 0) is 0 Å². The Morgan fingerprint density at radius 3 is 2.67 bits per heavy atom. The van der Waals surface area contributed by atoms with E-state index in [0.717, 1.165) is 36.2 Å². The van der Waals surface area contributed by atoms with Crippen LogP contribution in [0.2, 0.25) is 0 Å². The number of hydrogen-bond donors (Lipinski definition) is 1. The van der Waals surface area contributed by atoms with Gasteiger partial charge in [-0.05, 0) is 38.9 Å². The van der Waals surface area contributed by atoms with Gasteiger partial charge in [0.15, 0.2) is 5.76 Å². The number of carbonyl (C=O) groups is 1. The zero-order valence-electron chi connectivity index (χ0n) is 15.5. The molecular weight excluding hydrogens is 344 g/mol. The van der Waals surface area contributed by atoms with Crippen molar-refractivity contribution >= 4 is 16.9 Å². The zero-order chi connectivity index (χ0) is 18.6. The summed E-state index contributed by atoms with van der Waals surface area (Å²) in [6, 6.07) is 7.72. The number of benzene rings is 1. The summed E-state index contributed by atoms with van der Waals surface area (Å²) in [6.45, 7) is 5.56. The minimum absolute atomic E-state index is 0.0410. The SMILES string of the molecule is Cc1c(-c2nnc(C(=O)NCCN3CCCCCC3)o2)oc2ccccc12. The highest BCUT2D eigenvalue weighted by atomic mass is 16.4. The monoisotopic (exact) mass is 368 g/mol. The third-order valence-corrected chi connectivity index (χ3v) is 5.07. The van der Waals surface area contributed by atoms with Crippen molar-refractivity contribution in [3.63, 3.8) is 0 Å². The van der Waals surface area contributed by atoms with Crippen molar-refractivity contribution in [1.82, 2.24) is 20.4 Å². The van der Waals surface area contributed by atoms with Crippen LogP contribution < -0.4 is 5.32 Å². The van der Waals surface area contributed by atoms with Gasteiger partial charge in [0, 0.05) is 24.0 Å². The quantitative estimate of drug-likeness (QED) is 0.743. The lowest BCUT2D eigenvalue weighted by Gasteiger charge is -2.19. The normalized spacial score (nSPS) is 15.7. The number of para-hydroxylation sites is 1. The number of aryl methyl sites for hydroxylation is 1. The number of rotatable bonds is 5. The molecular formula is C20H24N4O3. The van der Waals surface area contributed by atoms with Crippen molar-refractivity contribution in [1.29, 1.82) is 0 Å². The number of furan rings is 1. The maximum absolute atomic E-state index is 12.3. The molecule has 1 aliphatic heterocycles. The molecule has 1 saturated heterocycles. The van der Waals surface area contributed by atoms with Gasteiger partial charge in [-0.15, -0.1) is 10.2 Å². The minimum atomic E-state index is -0.350. The van der Waals surface area contributed by atoms with Gasteiger partial charge < -0.3 is 19.1 Å². The second-order valence-corrected chi connectivity index (χ2v) is 6.98. The highest BCUT2D eigenvalue weighted by Crippen LogP contribution is 2.31. The number of amides is 1. The van der Waals surface area contributed by atoms with Crippen LogP contribution in [0.5, 0.6) is 0 Å². The van der Waals surface area contributed by atoms with Gasteiger partial charge in [-0.25, -0.2) is 0 Å². The maximum Gasteiger partial charge on any atom is 0.308 e. The summed E-state index contributed by atoms with van der Waals surface area (Å²) in [5.41, 5.74) is 1.68. The van der Waals surface area contributed by atoms with E-state index in [2.05, 4.69) is 20.4 Å². The molecule has 142 valence electrons. The van der Waals surface area contributed by atoms with E-state index in [1.807, 2.05) is 31.2 Å². The molecule has 0 aliphatic carbocycles. The van der Waals surface area contributed by atoms with E-state index < -0.39 is 0 Å². The first-order valence-corrected chi connectivity index (χ1v) is 9.55. The smallest absolute Gasteiger partial charge is 0.308 e. The Bertz CT molecular complexity index is 922. The number of hydrogen-bond acceptors (Lipinski definition) is 6. The summed E-state index contributed by atoms with van der Waals surface area (Å²) >= 11 is 0. The average Bonchev–Trinajstić information content (AvgIpc) is 3.20. The number of fused-ring (bicyclic) bond motifs is 1. The Morgan fingerprint density at radius 1 is 1.11 bits per heavy atom. The van der Waals surface area contributed by atoms with Gasteiger partial charge in [0.2, 0.25) is 0 Å². The summed E-state index contributed by atoms with van der Waals surface area (Å²) in [5.74, 6) is 0.340. The minimum Gasteiger partial charge on any atom is -0.451 e. The molecule has 4 rings (SSSR count). The van der Waals surface area contributed by atoms with E-state index in [1.165, 1.54) is 25.7 Å². The van der Waals surface area contributed by atoms with Crippen LogP contribution in [0.3, 0.4) is 0 Å². The molecule has 1 fully saturated rings. The largest absolute Gasteiger partial charge is 0.451 e. The third-order valence-electron chi connectivity index (χ3n) is 5.07. The Hall–Kier alpha value is -2.67. The summed E-state index contributed by atoms with van der Waals surface area (Å²) in [7, 11) is 0. The van der Waals surface area contributed by atoms with E-state index in [9.17, 15) is 4.79 Å². The highest BCUT2D eigenvalue weighted by Gasteiger charge is 2.21. The van der Waals surface area contributed by atoms with Crippen molar-refractivity contribution in [2.24, 2.45) is 0 Å². The lowest BCUT2D eigenvalue weighted by Crippen LogP contribution is -2.35. The fourth-order valence-corrected chi connectivity index (χ4v) is 3.55. The number of carbonyl (C=O) groups excluding carboxylic acids is 1. The van der Waals surface area contributed by atoms with Gasteiger partial charge in [-0.1, -0.05) is 31.0 Å². The van der Waals surface area contributed by atoms with Gasteiger partial charge in [0.1, 0.15) is 5.58 Å². The fraction of sp³-hybridized carbons (Fsp3) is 0.450. The molecule has 27 heavy (non-hydrogen) atoms. The number of likely N-dealkylation sites (tertiary alicyclic amines) is 1. The van der Waals surface area contributed by atoms with Gasteiger partial charge in [0.25, 0.3) is 5.89 Å². The first-order chi connectivity index (χ1) is 13.2. The highest BCUT2D eigenvalue weighted by molar-refractivity contribution is 5.90. The Labute approximate surface area is 157 Å². The van der Waals surface area contributed by atoms with E-state index in [4.69, 9.17) is 8.83 Å². The van der Waals surface area contributed by atoms with Crippen molar-refractivity contribution in [3.8, 4) is 11.7 Å². The topological polar surface area (TPSA) is 84.4 Å². The first-order valence-electron chi connectivity index (χ1n) is 9.55. The molecule has 0 bridgehead atoms. The van der Waals surface area contributed by atoms with Crippen LogP contribution in [0.15, 0.2) is 33.1 Å². The Kier molecular flexibility index (Phi) is 5.20. The molecule has 3 aromatic rings. The van der Waals surface area contributed by atoms with E-state index >= 15 is 0 Å². The lowest BCUT2D eigenvalue weighted by atomic mass is 10.1. The molecule has 7 nitrogen and oxygen atoms in total. The predicted molar refractivity (Wildman–Crippen MR) is 101 cm³/mol. The van der Waals surface area contributed by atoms with Crippen LogP contribution >= 0.6 is 0 Å². The van der Waals surface area contributed by atoms with E-state index in [1.54, 1.807) is 0 Å². The van der Waals surface area contributed by atoms with Crippen LogP contribution in [0, 0.1) is 6.92 Å². The van der Waals surface area contributed by atoms with Crippen LogP contribution in [0.1, 0.15) is 41.9 Å². The van der Waals surface area contributed by atoms with Crippen molar-refractivity contribution in [3.05, 3.63) is 35.7 Å². The number of nitrogens with zero attached hydrogens (tertiary/aromatic N) is 3. The molecule has 0 unspecified atom stereocenters. The molecule has 1 amide bonds. The third kappa shape index (κ3) is 3.88. The molecule has 7 heteroatoms.